The van der Waals surface area contributed by atoms with Crippen LogP contribution in [-0.2, 0) is 11.3 Å². The number of likely N-dealkylation sites (N-methyl/N-ethyl adjacent to an activating group) is 1. The molecule has 128 valence electrons. The third kappa shape index (κ3) is 3.41. The maximum absolute atomic E-state index is 12.6. The van der Waals surface area contributed by atoms with Crippen molar-refractivity contribution in [3.63, 3.8) is 0 Å². The molecule has 1 aromatic rings. The minimum atomic E-state index is -0.369. The van der Waals surface area contributed by atoms with Gasteiger partial charge in [-0.1, -0.05) is 12.1 Å². The van der Waals surface area contributed by atoms with E-state index in [1.807, 2.05) is 11.9 Å². The molecule has 2 saturated heterocycles. The molecule has 2 aliphatic heterocycles. The minimum Gasteiger partial charge on any atom is -0.337 e. The van der Waals surface area contributed by atoms with Crippen molar-refractivity contribution in [1.29, 1.82) is 0 Å². The quantitative estimate of drug-likeness (QED) is 0.791. The molecule has 0 aromatic heterocycles. The van der Waals surface area contributed by atoms with E-state index in [9.17, 15) is 14.4 Å². The second-order valence-electron chi connectivity index (χ2n) is 6.21. The molecule has 24 heavy (non-hydrogen) atoms. The van der Waals surface area contributed by atoms with Crippen molar-refractivity contribution in [2.75, 3.05) is 26.7 Å². The zero-order valence-electron chi connectivity index (χ0n) is 13.7. The molecule has 2 heterocycles. The highest BCUT2D eigenvalue weighted by molar-refractivity contribution is 6.01. The molecule has 7 heteroatoms. The lowest BCUT2D eigenvalue weighted by molar-refractivity contribution is -0.125. The van der Waals surface area contributed by atoms with Gasteiger partial charge in [-0.25, -0.2) is 4.79 Å². The lowest BCUT2D eigenvalue weighted by Gasteiger charge is -2.32. The molecule has 0 bridgehead atoms. The number of rotatable bonds is 4. The SMILES string of the molecule is CN[C@@H]1CCCN(C(=O)c2ccc(CN3C(=O)CNC3=O)cc2)C1. The molecule has 2 aliphatic rings. The Morgan fingerprint density at radius 3 is 2.67 bits per heavy atom. The number of likely N-dealkylation sites (tertiary alicyclic amines) is 1. The minimum absolute atomic E-state index is 0.0245. The van der Waals surface area contributed by atoms with Gasteiger partial charge in [-0.2, -0.15) is 0 Å². The van der Waals surface area contributed by atoms with Crippen LogP contribution in [0.15, 0.2) is 24.3 Å². The Morgan fingerprint density at radius 1 is 1.29 bits per heavy atom. The molecule has 0 spiro atoms. The first kappa shape index (κ1) is 16.4. The van der Waals surface area contributed by atoms with Gasteiger partial charge in [0.05, 0.1) is 13.1 Å². The largest absolute Gasteiger partial charge is 0.337 e. The Morgan fingerprint density at radius 2 is 2.04 bits per heavy atom. The molecule has 0 unspecified atom stereocenters. The standard InChI is InChI=1S/C17H22N4O3/c1-18-14-3-2-8-20(11-14)16(23)13-6-4-12(5-7-13)10-21-15(22)9-19-17(21)24/h4-7,14,18H,2-3,8-11H2,1H3,(H,19,24)/t14-/m1/s1. The molecule has 4 amide bonds. The summed E-state index contributed by atoms with van der Waals surface area (Å²) in [5.74, 6) is -0.205. The van der Waals surface area contributed by atoms with E-state index in [1.54, 1.807) is 24.3 Å². The van der Waals surface area contributed by atoms with Gasteiger partial charge in [0.2, 0.25) is 5.91 Å². The van der Waals surface area contributed by atoms with Gasteiger partial charge in [0, 0.05) is 24.7 Å². The summed E-state index contributed by atoms with van der Waals surface area (Å²) < 4.78 is 0. The van der Waals surface area contributed by atoms with E-state index >= 15 is 0 Å². The number of imide groups is 1. The van der Waals surface area contributed by atoms with Crippen molar-refractivity contribution in [1.82, 2.24) is 20.4 Å². The molecule has 1 atom stereocenters. The first-order valence-corrected chi connectivity index (χ1v) is 8.22. The molecular weight excluding hydrogens is 308 g/mol. The summed E-state index contributed by atoms with van der Waals surface area (Å²) in [5, 5.41) is 5.72. The Kier molecular flexibility index (Phi) is 4.80. The number of amides is 4. The normalized spacial score (nSPS) is 21.1. The third-order valence-corrected chi connectivity index (χ3v) is 4.60. The highest BCUT2D eigenvalue weighted by atomic mass is 16.2. The third-order valence-electron chi connectivity index (χ3n) is 4.60. The van der Waals surface area contributed by atoms with E-state index in [1.165, 1.54) is 4.90 Å². The van der Waals surface area contributed by atoms with Crippen molar-refractivity contribution in [2.45, 2.75) is 25.4 Å². The Bertz CT molecular complexity index is 628. The van der Waals surface area contributed by atoms with Crippen molar-refractivity contribution >= 4 is 17.8 Å². The van der Waals surface area contributed by atoms with Gasteiger partial charge in [-0.15, -0.1) is 0 Å². The van der Waals surface area contributed by atoms with Gasteiger partial charge in [-0.05, 0) is 37.6 Å². The van der Waals surface area contributed by atoms with Crippen molar-refractivity contribution < 1.29 is 14.4 Å². The average molecular weight is 330 g/mol. The number of hydrogen-bond acceptors (Lipinski definition) is 4. The first-order valence-electron chi connectivity index (χ1n) is 8.22. The van der Waals surface area contributed by atoms with Crippen LogP contribution < -0.4 is 10.6 Å². The van der Waals surface area contributed by atoms with Crippen LogP contribution in [0.25, 0.3) is 0 Å². The second-order valence-corrected chi connectivity index (χ2v) is 6.21. The number of hydrogen-bond donors (Lipinski definition) is 2. The maximum atomic E-state index is 12.6. The topological polar surface area (TPSA) is 81.8 Å². The highest BCUT2D eigenvalue weighted by Gasteiger charge is 2.28. The summed E-state index contributed by atoms with van der Waals surface area (Å²) in [6, 6.07) is 7.10. The van der Waals surface area contributed by atoms with Gasteiger partial charge in [0.1, 0.15) is 0 Å². The number of piperidine rings is 1. The predicted octanol–water partition coefficient (Wildman–Crippen LogP) is 0.562. The Hall–Kier alpha value is -2.41. The van der Waals surface area contributed by atoms with Crippen LogP contribution in [0.1, 0.15) is 28.8 Å². The first-order chi connectivity index (χ1) is 11.6. The summed E-state index contributed by atoms with van der Waals surface area (Å²) in [7, 11) is 1.92. The lowest BCUT2D eigenvalue weighted by atomic mass is 10.0. The van der Waals surface area contributed by atoms with Gasteiger partial charge in [-0.3, -0.25) is 14.5 Å². The Balaban J connectivity index is 1.64. The van der Waals surface area contributed by atoms with Crippen molar-refractivity contribution in [2.24, 2.45) is 0 Å². The van der Waals surface area contributed by atoms with E-state index in [4.69, 9.17) is 0 Å². The summed E-state index contributed by atoms with van der Waals surface area (Å²) in [6.07, 6.45) is 2.09. The van der Waals surface area contributed by atoms with E-state index in [0.29, 0.717) is 11.6 Å². The summed E-state index contributed by atoms with van der Waals surface area (Å²) in [6.45, 7) is 1.78. The van der Waals surface area contributed by atoms with E-state index in [-0.39, 0.29) is 30.9 Å². The second kappa shape index (κ2) is 7.00. The van der Waals surface area contributed by atoms with E-state index in [0.717, 1.165) is 31.5 Å². The Labute approximate surface area is 141 Å². The number of benzene rings is 1. The monoisotopic (exact) mass is 330 g/mol. The molecule has 1 aromatic carbocycles. The highest BCUT2D eigenvalue weighted by Crippen LogP contribution is 2.15. The number of carbonyl (C=O) groups excluding carboxylic acids is 3. The van der Waals surface area contributed by atoms with Crippen molar-refractivity contribution in [3.05, 3.63) is 35.4 Å². The van der Waals surface area contributed by atoms with E-state index in [2.05, 4.69) is 10.6 Å². The fraction of sp³-hybridized carbons (Fsp3) is 0.471. The number of carbonyl (C=O) groups is 3. The molecule has 0 saturated carbocycles. The number of nitrogens with zero attached hydrogens (tertiary/aromatic N) is 2. The maximum Gasteiger partial charge on any atom is 0.324 e. The van der Waals surface area contributed by atoms with E-state index < -0.39 is 0 Å². The molecule has 0 aliphatic carbocycles. The predicted molar refractivity (Wildman–Crippen MR) is 88.4 cm³/mol. The molecule has 2 N–H and O–H groups in total. The van der Waals surface area contributed by atoms with Crippen LogP contribution in [0.5, 0.6) is 0 Å². The van der Waals surface area contributed by atoms with Crippen LogP contribution in [0.2, 0.25) is 0 Å². The molecule has 7 nitrogen and oxygen atoms in total. The zero-order valence-corrected chi connectivity index (χ0v) is 13.7. The van der Waals surface area contributed by atoms with Crippen LogP contribution in [0.4, 0.5) is 4.79 Å². The van der Waals surface area contributed by atoms with Gasteiger partial charge in [0.15, 0.2) is 0 Å². The van der Waals surface area contributed by atoms with Crippen LogP contribution in [0.3, 0.4) is 0 Å². The van der Waals surface area contributed by atoms with Gasteiger partial charge >= 0.3 is 6.03 Å². The van der Waals surface area contributed by atoms with Crippen LogP contribution in [0, 0.1) is 0 Å². The molecular formula is C17H22N4O3. The smallest absolute Gasteiger partial charge is 0.324 e. The van der Waals surface area contributed by atoms with Crippen molar-refractivity contribution in [3.8, 4) is 0 Å². The summed E-state index contributed by atoms with van der Waals surface area (Å²) in [5.41, 5.74) is 1.45. The van der Waals surface area contributed by atoms with Gasteiger partial charge in [0.25, 0.3) is 5.91 Å². The lowest BCUT2D eigenvalue weighted by Crippen LogP contribution is -2.46. The number of nitrogens with one attached hydrogen (secondary N) is 2. The zero-order chi connectivity index (χ0) is 17.1. The molecule has 0 radical (unpaired) electrons. The van der Waals surface area contributed by atoms with Crippen LogP contribution in [-0.4, -0.2) is 60.4 Å². The fourth-order valence-electron chi connectivity index (χ4n) is 3.13. The summed E-state index contributed by atoms with van der Waals surface area (Å²) >= 11 is 0. The number of urea groups is 1. The molecule has 2 fully saturated rings. The summed E-state index contributed by atoms with van der Waals surface area (Å²) in [4.78, 5) is 38.8. The molecule has 3 rings (SSSR count). The fourth-order valence-corrected chi connectivity index (χ4v) is 3.13. The average Bonchev–Trinajstić information content (AvgIpc) is 2.94. The van der Waals surface area contributed by atoms with Gasteiger partial charge < -0.3 is 15.5 Å². The van der Waals surface area contributed by atoms with Crippen LogP contribution >= 0.6 is 0 Å².